The van der Waals surface area contributed by atoms with Crippen LogP contribution in [-0.2, 0) is 6.18 Å². The molecule has 0 unspecified atom stereocenters. The molecule has 0 amide bonds. The number of halogens is 5. The zero-order valence-electron chi connectivity index (χ0n) is 9.87. The number of hydrogen-bond donors (Lipinski definition) is 0. The predicted octanol–water partition coefficient (Wildman–Crippen LogP) is 3.47. The van der Waals surface area contributed by atoms with Gasteiger partial charge >= 0.3 is 6.18 Å². The van der Waals surface area contributed by atoms with Gasteiger partial charge in [0.05, 0.1) is 7.11 Å². The number of ether oxygens (including phenoxy) is 1. The van der Waals surface area contributed by atoms with Crippen molar-refractivity contribution in [2.45, 2.75) is 6.18 Å². The molecule has 0 bridgehead atoms. The van der Waals surface area contributed by atoms with Crippen LogP contribution in [-0.4, -0.2) is 22.1 Å². The Morgan fingerprint density at radius 3 is 2.40 bits per heavy atom. The van der Waals surface area contributed by atoms with Gasteiger partial charge in [0.2, 0.25) is 11.8 Å². The van der Waals surface area contributed by atoms with Gasteiger partial charge in [-0.1, -0.05) is 0 Å². The fraction of sp³-hybridized carbons (Fsp3) is 0.182. The Bertz CT molecular complexity index is 631. The lowest BCUT2D eigenvalue weighted by Crippen LogP contribution is -2.14. The Morgan fingerprint density at radius 2 is 1.90 bits per heavy atom. The Kier molecular flexibility index (Phi) is 3.89. The van der Waals surface area contributed by atoms with Crippen LogP contribution < -0.4 is 4.74 Å². The standard InChI is InChI=1S/C11H6BrF4N3O/c1-20-10-7(11(14,15)16)8(13)18-9(19-10)5-2-3-6(12)17-4-5/h2-4H,1H3. The third kappa shape index (κ3) is 2.87. The Labute approximate surface area is 119 Å². The second kappa shape index (κ2) is 5.31. The Hall–Kier alpha value is -1.77. The molecule has 0 radical (unpaired) electrons. The fourth-order valence-electron chi connectivity index (χ4n) is 1.44. The number of hydrogen-bond acceptors (Lipinski definition) is 4. The molecule has 0 spiro atoms. The van der Waals surface area contributed by atoms with Crippen LogP contribution in [0, 0.1) is 5.95 Å². The summed E-state index contributed by atoms with van der Waals surface area (Å²) >= 11 is 3.10. The molecule has 0 aliphatic rings. The van der Waals surface area contributed by atoms with E-state index in [2.05, 4.69) is 35.6 Å². The van der Waals surface area contributed by atoms with Crippen molar-refractivity contribution in [3.63, 3.8) is 0 Å². The van der Waals surface area contributed by atoms with Crippen LogP contribution in [0.15, 0.2) is 22.9 Å². The zero-order valence-corrected chi connectivity index (χ0v) is 11.5. The summed E-state index contributed by atoms with van der Waals surface area (Å²) in [4.78, 5) is 10.6. The highest BCUT2D eigenvalue weighted by Gasteiger charge is 2.40. The van der Waals surface area contributed by atoms with Crippen molar-refractivity contribution >= 4 is 15.9 Å². The van der Waals surface area contributed by atoms with Crippen LogP contribution in [0.2, 0.25) is 0 Å². The number of pyridine rings is 1. The van der Waals surface area contributed by atoms with Gasteiger partial charge < -0.3 is 4.74 Å². The van der Waals surface area contributed by atoms with Crippen molar-refractivity contribution in [1.82, 2.24) is 15.0 Å². The number of rotatable bonds is 2. The first kappa shape index (κ1) is 14.6. The van der Waals surface area contributed by atoms with Gasteiger partial charge in [-0.3, -0.25) is 0 Å². The van der Waals surface area contributed by atoms with Crippen LogP contribution >= 0.6 is 15.9 Å². The van der Waals surface area contributed by atoms with E-state index in [1.807, 2.05) is 0 Å². The molecular weight excluding hydrogens is 346 g/mol. The molecule has 0 aliphatic carbocycles. The third-order valence-electron chi connectivity index (χ3n) is 2.29. The zero-order chi connectivity index (χ0) is 14.9. The molecule has 4 nitrogen and oxygen atoms in total. The average Bonchev–Trinajstić information content (AvgIpc) is 2.37. The molecule has 106 valence electrons. The van der Waals surface area contributed by atoms with Crippen LogP contribution in [0.5, 0.6) is 5.88 Å². The summed E-state index contributed by atoms with van der Waals surface area (Å²) in [6, 6.07) is 3.01. The largest absolute Gasteiger partial charge is 0.480 e. The molecule has 2 aromatic rings. The molecule has 2 aromatic heterocycles. The van der Waals surface area contributed by atoms with Crippen molar-refractivity contribution in [2.24, 2.45) is 0 Å². The minimum absolute atomic E-state index is 0.243. The van der Waals surface area contributed by atoms with E-state index in [1.54, 1.807) is 0 Å². The number of aromatic nitrogens is 3. The molecule has 0 saturated heterocycles. The summed E-state index contributed by atoms with van der Waals surface area (Å²) in [7, 11) is 0.973. The van der Waals surface area contributed by atoms with Crippen LogP contribution in [0.3, 0.4) is 0 Å². The fourth-order valence-corrected chi connectivity index (χ4v) is 1.67. The predicted molar refractivity (Wildman–Crippen MR) is 64.5 cm³/mol. The van der Waals surface area contributed by atoms with E-state index in [1.165, 1.54) is 18.3 Å². The summed E-state index contributed by atoms with van der Waals surface area (Å²) in [5, 5.41) is 0. The summed E-state index contributed by atoms with van der Waals surface area (Å²) in [5.74, 6) is -2.81. The quantitative estimate of drug-likeness (QED) is 0.472. The highest BCUT2D eigenvalue weighted by molar-refractivity contribution is 9.10. The SMILES string of the molecule is COc1nc(-c2ccc(Br)nc2)nc(F)c1C(F)(F)F. The highest BCUT2D eigenvalue weighted by Crippen LogP contribution is 2.37. The summed E-state index contributed by atoms with van der Waals surface area (Å²) in [5.41, 5.74) is -1.37. The van der Waals surface area contributed by atoms with Gasteiger partial charge in [-0.05, 0) is 28.1 Å². The van der Waals surface area contributed by atoms with Crippen LogP contribution in [0.1, 0.15) is 5.56 Å². The topological polar surface area (TPSA) is 47.9 Å². The summed E-state index contributed by atoms with van der Waals surface area (Å²) in [6.07, 6.45) is -3.64. The summed E-state index contributed by atoms with van der Waals surface area (Å²) in [6.45, 7) is 0. The van der Waals surface area contributed by atoms with Gasteiger partial charge in [-0.25, -0.2) is 4.98 Å². The molecular formula is C11H6BrF4N3O. The van der Waals surface area contributed by atoms with Gasteiger partial charge in [-0.15, -0.1) is 0 Å². The molecule has 0 atom stereocenters. The van der Waals surface area contributed by atoms with Crippen molar-refractivity contribution in [2.75, 3.05) is 7.11 Å². The monoisotopic (exact) mass is 351 g/mol. The normalized spacial score (nSPS) is 11.5. The number of nitrogens with zero attached hydrogens (tertiary/aromatic N) is 3. The van der Waals surface area contributed by atoms with E-state index in [0.717, 1.165) is 7.11 Å². The van der Waals surface area contributed by atoms with E-state index < -0.39 is 23.6 Å². The maximum absolute atomic E-state index is 13.6. The molecule has 0 aromatic carbocycles. The summed E-state index contributed by atoms with van der Waals surface area (Å²) < 4.78 is 56.6. The second-order valence-electron chi connectivity index (χ2n) is 3.59. The maximum atomic E-state index is 13.6. The van der Waals surface area contributed by atoms with Gasteiger partial charge in [0.1, 0.15) is 4.60 Å². The van der Waals surface area contributed by atoms with E-state index in [4.69, 9.17) is 0 Å². The molecule has 20 heavy (non-hydrogen) atoms. The highest BCUT2D eigenvalue weighted by atomic mass is 79.9. The minimum Gasteiger partial charge on any atom is -0.480 e. The van der Waals surface area contributed by atoms with E-state index in [-0.39, 0.29) is 11.4 Å². The van der Waals surface area contributed by atoms with Crippen molar-refractivity contribution < 1.29 is 22.3 Å². The van der Waals surface area contributed by atoms with E-state index in [9.17, 15) is 17.6 Å². The molecule has 0 fully saturated rings. The lowest BCUT2D eigenvalue weighted by atomic mass is 10.2. The average molecular weight is 352 g/mol. The maximum Gasteiger partial charge on any atom is 0.426 e. The Morgan fingerprint density at radius 1 is 1.20 bits per heavy atom. The first-order chi connectivity index (χ1) is 9.32. The molecule has 0 N–H and O–H groups in total. The second-order valence-corrected chi connectivity index (χ2v) is 4.40. The Balaban J connectivity index is 2.58. The molecule has 0 saturated carbocycles. The van der Waals surface area contributed by atoms with Crippen molar-refractivity contribution in [3.8, 4) is 17.3 Å². The van der Waals surface area contributed by atoms with Crippen molar-refractivity contribution in [1.29, 1.82) is 0 Å². The van der Waals surface area contributed by atoms with Crippen molar-refractivity contribution in [3.05, 3.63) is 34.4 Å². The van der Waals surface area contributed by atoms with E-state index in [0.29, 0.717) is 4.60 Å². The van der Waals surface area contributed by atoms with Gasteiger partial charge in [0, 0.05) is 11.8 Å². The van der Waals surface area contributed by atoms with Crippen LogP contribution in [0.25, 0.3) is 11.4 Å². The minimum atomic E-state index is -4.94. The first-order valence-electron chi connectivity index (χ1n) is 5.13. The molecule has 2 heterocycles. The first-order valence-corrected chi connectivity index (χ1v) is 5.93. The van der Waals surface area contributed by atoms with Gasteiger partial charge in [0.25, 0.3) is 0 Å². The lowest BCUT2D eigenvalue weighted by molar-refractivity contribution is -0.142. The third-order valence-corrected chi connectivity index (χ3v) is 2.76. The smallest absolute Gasteiger partial charge is 0.426 e. The molecule has 0 aliphatic heterocycles. The molecule has 2 rings (SSSR count). The number of methoxy groups -OCH3 is 1. The van der Waals surface area contributed by atoms with E-state index >= 15 is 0 Å². The molecule has 9 heteroatoms. The number of alkyl halides is 3. The van der Waals surface area contributed by atoms with Crippen LogP contribution in [0.4, 0.5) is 17.6 Å². The lowest BCUT2D eigenvalue weighted by Gasteiger charge is -2.12. The van der Waals surface area contributed by atoms with Gasteiger partial charge in [0.15, 0.2) is 11.4 Å². The van der Waals surface area contributed by atoms with Gasteiger partial charge in [-0.2, -0.15) is 27.5 Å².